The SMILES string of the molecule is O=C(NC(Cc1ccccc1)C(=O)NCC1(c2ccc3c(c2)OCO3)CCOCC1)c1cccs1. The molecule has 0 saturated carbocycles. The van der Waals surface area contributed by atoms with E-state index in [1.807, 2.05) is 60.0 Å². The number of carbonyl (C=O) groups excluding carboxylic acids is 2. The number of benzene rings is 2. The Bertz CT molecular complexity index is 1160. The van der Waals surface area contributed by atoms with Crippen molar-refractivity contribution in [3.05, 3.63) is 82.0 Å². The molecule has 3 aromatic rings. The van der Waals surface area contributed by atoms with Crippen LogP contribution in [-0.4, -0.2) is 44.4 Å². The lowest BCUT2D eigenvalue weighted by Gasteiger charge is -2.38. The van der Waals surface area contributed by atoms with Gasteiger partial charge < -0.3 is 24.8 Å². The lowest BCUT2D eigenvalue weighted by atomic mass is 9.74. The average Bonchev–Trinajstić information content (AvgIpc) is 3.60. The summed E-state index contributed by atoms with van der Waals surface area (Å²) >= 11 is 1.35. The van der Waals surface area contributed by atoms with Crippen molar-refractivity contribution in [3.63, 3.8) is 0 Å². The van der Waals surface area contributed by atoms with Crippen LogP contribution in [0.15, 0.2) is 66.0 Å². The zero-order valence-corrected chi connectivity index (χ0v) is 20.1. The van der Waals surface area contributed by atoms with E-state index in [-0.39, 0.29) is 24.0 Å². The van der Waals surface area contributed by atoms with Gasteiger partial charge in [0.05, 0.1) is 4.88 Å². The van der Waals surface area contributed by atoms with Gasteiger partial charge in [0, 0.05) is 31.6 Å². The Morgan fingerprint density at radius 1 is 0.971 bits per heavy atom. The second-order valence-corrected chi connectivity index (χ2v) is 9.82. The van der Waals surface area contributed by atoms with Crippen molar-refractivity contribution in [1.82, 2.24) is 10.6 Å². The van der Waals surface area contributed by atoms with E-state index in [1.54, 1.807) is 6.07 Å². The largest absolute Gasteiger partial charge is 0.454 e. The fourth-order valence-corrected chi connectivity index (χ4v) is 5.26. The molecule has 2 aromatic carbocycles. The Hall–Kier alpha value is -3.36. The van der Waals surface area contributed by atoms with E-state index in [4.69, 9.17) is 14.2 Å². The Morgan fingerprint density at radius 2 is 1.77 bits per heavy atom. The van der Waals surface area contributed by atoms with E-state index in [2.05, 4.69) is 10.6 Å². The van der Waals surface area contributed by atoms with Crippen molar-refractivity contribution < 1.29 is 23.8 Å². The van der Waals surface area contributed by atoms with E-state index in [0.717, 1.165) is 35.5 Å². The molecule has 8 heteroatoms. The Kier molecular flexibility index (Phi) is 7.01. The van der Waals surface area contributed by atoms with Crippen LogP contribution in [0.1, 0.15) is 33.6 Å². The van der Waals surface area contributed by atoms with Crippen LogP contribution < -0.4 is 20.1 Å². The van der Waals surface area contributed by atoms with Crippen molar-refractivity contribution >= 4 is 23.2 Å². The highest BCUT2D eigenvalue weighted by Gasteiger charge is 2.37. The molecule has 2 amide bonds. The first-order valence-corrected chi connectivity index (χ1v) is 12.6. The van der Waals surface area contributed by atoms with Crippen LogP contribution in [0, 0.1) is 0 Å². The lowest BCUT2D eigenvalue weighted by Crippen LogP contribution is -2.52. The number of rotatable bonds is 8. The van der Waals surface area contributed by atoms with Crippen LogP contribution in [0.5, 0.6) is 11.5 Å². The molecule has 1 atom stereocenters. The van der Waals surface area contributed by atoms with Crippen LogP contribution in [-0.2, 0) is 21.4 Å². The summed E-state index contributed by atoms with van der Waals surface area (Å²) < 4.78 is 16.7. The molecule has 2 aliphatic heterocycles. The average molecular weight is 493 g/mol. The number of carbonyl (C=O) groups is 2. The quantitative estimate of drug-likeness (QED) is 0.501. The third kappa shape index (κ3) is 5.33. The first-order valence-electron chi connectivity index (χ1n) is 11.8. The molecule has 2 aliphatic rings. The topological polar surface area (TPSA) is 85.9 Å². The summed E-state index contributed by atoms with van der Waals surface area (Å²) in [6.45, 7) is 1.89. The maximum absolute atomic E-state index is 13.5. The van der Waals surface area contributed by atoms with Crippen LogP contribution >= 0.6 is 11.3 Å². The Labute approximate surface area is 208 Å². The molecular weight excluding hydrogens is 464 g/mol. The smallest absolute Gasteiger partial charge is 0.262 e. The van der Waals surface area contributed by atoms with Gasteiger partial charge >= 0.3 is 0 Å². The van der Waals surface area contributed by atoms with E-state index < -0.39 is 6.04 Å². The third-order valence-corrected chi connectivity index (χ3v) is 7.55. The van der Waals surface area contributed by atoms with Crippen LogP contribution in [0.3, 0.4) is 0 Å². The second kappa shape index (κ2) is 10.5. The van der Waals surface area contributed by atoms with Gasteiger partial charge in [0.25, 0.3) is 5.91 Å². The number of nitrogens with one attached hydrogen (secondary N) is 2. The van der Waals surface area contributed by atoms with Crippen LogP contribution in [0.4, 0.5) is 0 Å². The fraction of sp³-hybridized carbons (Fsp3) is 0.333. The number of amides is 2. The molecule has 1 fully saturated rings. The van der Waals surface area contributed by atoms with Gasteiger partial charge in [-0.25, -0.2) is 0 Å². The molecule has 35 heavy (non-hydrogen) atoms. The summed E-state index contributed by atoms with van der Waals surface area (Å²) in [4.78, 5) is 26.8. The van der Waals surface area contributed by atoms with Gasteiger partial charge in [0.15, 0.2) is 11.5 Å². The summed E-state index contributed by atoms with van der Waals surface area (Å²) in [7, 11) is 0. The monoisotopic (exact) mass is 492 g/mol. The maximum Gasteiger partial charge on any atom is 0.262 e. The lowest BCUT2D eigenvalue weighted by molar-refractivity contribution is -0.123. The molecule has 182 valence electrons. The predicted octanol–water partition coefficient (Wildman–Crippen LogP) is 3.68. The molecule has 2 N–H and O–H groups in total. The number of hydrogen-bond donors (Lipinski definition) is 2. The number of ether oxygens (including phenoxy) is 3. The molecule has 3 heterocycles. The minimum atomic E-state index is -0.694. The van der Waals surface area contributed by atoms with Crippen molar-refractivity contribution in [1.29, 1.82) is 0 Å². The van der Waals surface area contributed by atoms with Crippen molar-refractivity contribution in [2.45, 2.75) is 30.7 Å². The van der Waals surface area contributed by atoms with Crippen molar-refractivity contribution in [3.8, 4) is 11.5 Å². The number of fused-ring (bicyclic) bond motifs is 1. The molecule has 0 bridgehead atoms. The maximum atomic E-state index is 13.5. The highest BCUT2D eigenvalue weighted by atomic mass is 32.1. The normalized spacial score (nSPS) is 16.9. The Morgan fingerprint density at radius 3 is 2.54 bits per heavy atom. The van der Waals surface area contributed by atoms with Gasteiger partial charge in [-0.1, -0.05) is 42.5 Å². The summed E-state index contributed by atoms with van der Waals surface area (Å²) in [6, 6.07) is 18.6. The first kappa shape index (κ1) is 23.4. The summed E-state index contributed by atoms with van der Waals surface area (Å²) in [5, 5.41) is 7.94. The first-order chi connectivity index (χ1) is 17.1. The van der Waals surface area contributed by atoms with Crippen molar-refractivity contribution in [2.75, 3.05) is 26.6 Å². The molecule has 1 saturated heterocycles. The molecule has 1 aromatic heterocycles. The fourth-order valence-electron chi connectivity index (χ4n) is 4.63. The summed E-state index contributed by atoms with van der Waals surface area (Å²) in [5.74, 6) is 1.02. The predicted molar refractivity (Wildman–Crippen MR) is 133 cm³/mol. The van der Waals surface area contributed by atoms with Gasteiger partial charge in [-0.05, 0) is 47.5 Å². The van der Waals surface area contributed by atoms with Crippen molar-refractivity contribution in [2.24, 2.45) is 0 Å². The second-order valence-electron chi connectivity index (χ2n) is 8.87. The van der Waals surface area contributed by atoms with Gasteiger partial charge in [0.2, 0.25) is 12.7 Å². The molecule has 7 nitrogen and oxygen atoms in total. The summed E-state index contributed by atoms with van der Waals surface area (Å²) in [5.41, 5.74) is 1.78. The molecule has 0 aliphatic carbocycles. The minimum absolute atomic E-state index is 0.203. The number of thiophene rings is 1. The van der Waals surface area contributed by atoms with E-state index in [0.29, 0.717) is 31.1 Å². The van der Waals surface area contributed by atoms with Gasteiger partial charge in [-0.2, -0.15) is 0 Å². The van der Waals surface area contributed by atoms with E-state index >= 15 is 0 Å². The van der Waals surface area contributed by atoms with Gasteiger partial charge in [-0.3, -0.25) is 9.59 Å². The third-order valence-electron chi connectivity index (χ3n) is 6.69. The highest BCUT2D eigenvalue weighted by molar-refractivity contribution is 7.12. The molecule has 5 rings (SSSR count). The number of hydrogen-bond acceptors (Lipinski definition) is 6. The minimum Gasteiger partial charge on any atom is -0.454 e. The van der Waals surface area contributed by atoms with E-state index in [1.165, 1.54) is 11.3 Å². The van der Waals surface area contributed by atoms with Gasteiger partial charge in [-0.15, -0.1) is 11.3 Å². The zero-order chi connectivity index (χ0) is 24.1. The molecule has 0 spiro atoms. The zero-order valence-electron chi connectivity index (χ0n) is 19.3. The standard InChI is InChI=1S/C27H28N2O5S/c30-25(21(15-19-5-2-1-3-6-19)29-26(31)24-7-4-14-35-24)28-17-27(10-12-32-13-11-27)20-8-9-22-23(16-20)34-18-33-22/h1-9,14,16,21H,10-13,15,17-18H2,(H,28,30)(H,29,31). The Balaban J connectivity index is 1.34. The molecule has 1 unspecified atom stereocenters. The highest BCUT2D eigenvalue weighted by Crippen LogP contribution is 2.40. The molecule has 0 radical (unpaired) electrons. The van der Waals surface area contributed by atoms with Crippen LogP contribution in [0.25, 0.3) is 0 Å². The summed E-state index contributed by atoms with van der Waals surface area (Å²) in [6.07, 6.45) is 1.96. The van der Waals surface area contributed by atoms with Crippen LogP contribution in [0.2, 0.25) is 0 Å². The van der Waals surface area contributed by atoms with E-state index in [9.17, 15) is 9.59 Å². The van der Waals surface area contributed by atoms with Gasteiger partial charge in [0.1, 0.15) is 6.04 Å². The molecular formula is C27H28N2O5S.